The Bertz CT molecular complexity index is 1680. The molecule has 1 aliphatic rings. The first kappa shape index (κ1) is 23.6. The van der Waals surface area contributed by atoms with Crippen LogP contribution in [0.5, 0.6) is 0 Å². The molecular weight excluding hydrogens is 502 g/mol. The van der Waals surface area contributed by atoms with Crippen LogP contribution in [0.15, 0.2) is 72.8 Å². The second kappa shape index (κ2) is 8.85. The van der Waals surface area contributed by atoms with Gasteiger partial charge in [0.1, 0.15) is 0 Å². The zero-order valence-corrected chi connectivity index (χ0v) is 19.4. The van der Waals surface area contributed by atoms with Gasteiger partial charge in [0.25, 0.3) is 23.4 Å². The van der Waals surface area contributed by atoms with E-state index in [-0.39, 0.29) is 55.1 Å². The van der Waals surface area contributed by atoms with Gasteiger partial charge in [0.2, 0.25) is 0 Å². The zero-order valence-electron chi connectivity index (χ0n) is 18.6. The van der Waals surface area contributed by atoms with Crippen LogP contribution in [0.3, 0.4) is 0 Å². The molecule has 4 aromatic rings. The fraction of sp³-hybridized carbons (Fsp3) is 0. The average molecular weight is 516 g/mol. The van der Waals surface area contributed by atoms with Crippen molar-refractivity contribution >= 4 is 63.1 Å². The quantitative estimate of drug-likeness (QED) is 0.212. The van der Waals surface area contributed by atoms with E-state index in [0.29, 0.717) is 0 Å². The molecule has 1 aliphatic heterocycles. The summed E-state index contributed by atoms with van der Waals surface area (Å²) in [4.78, 5) is 63.0. The number of nitro benzene ring substituents is 1. The molecule has 3 amide bonds. The molecular formula is C26H14ClN3O7. The van der Waals surface area contributed by atoms with Crippen LogP contribution < -0.4 is 10.2 Å². The summed E-state index contributed by atoms with van der Waals surface area (Å²) >= 11 is 5.86. The summed E-state index contributed by atoms with van der Waals surface area (Å²) in [6, 6.07) is 16.6. The Labute approximate surface area is 212 Å². The molecule has 0 fully saturated rings. The Morgan fingerprint density at radius 1 is 0.919 bits per heavy atom. The molecule has 0 atom stereocenters. The van der Waals surface area contributed by atoms with Gasteiger partial charge in [0, 0.05) is 33.2 Å². The lowest BCUT2D eigenvalue weighted by Crippen LogP contribution is -2.40. The molecule has 0 aliphatic carbocycles. The van der Waals surface area contributed by atoms with Crippen molar-refractivity contribution in [1.29, 1.82) is 0 Å². The Hall–Kier alpha value is -5.09. The first-order valence-corrected chi connectivity index (χ1v) is 11.1. The topological polar surface area (TPSA) is 147 Å². The summed E-state index contributed by atoms with van der Waals surface area (Å²) in [6.45, 7) is 0. The number of nitro groups is 1. The number of carboxylic acid groups (broad SMARTS) is 1. The number of imide groups is 1. The van der Waals surface area contributed by atoms with Gasteiger partial charge >= 0.3 is 5.97 Å². The summed E-state index contributed by atoms with van der Waals surface area (Å²) in [6.07, 6.45) is 0. The fourth-order valence-corrected chi connectivity index (χ4v) is 4.43. The lowest BCUT2D eigenvalue weighted by Gasteiger charge is -2.27. The molecule has 0 saturated carbocycles. The molecule has 37 heavy (non-hydrogen) atoms. The number of carbonyl (C=O) groups excluding carboxylic acids is 3. The predicted molar refractivity (Wildman–Crippen MR) is 135 cm³/mol. The molecule has 2 N–H and O–H groups in total. The summed E-state index contributed by atoms with van der Waals surface area (Å²) < 4.78 is 0. The van der Waals surface area contributed by atoms with Crippen molar-refractivity contribution in [1.82, 2.24) is 0 Å². The number of halogens is 1. The largest absolute Gasteiger partial charge is 0.478 e. The molecule has 0 radical (unpaired) electrons. The van der Waals surface area contributed by atoms with E-state index in [2.05, 4.69) is 5.32 Å². The summed E-state index contributed by atoms with van der Waals surface area (Å²) in [5.41, 5.74) is -0.0563. The van der Waals surface area contributed by atoms with Crippen molar-refractivity contribution in [3.63, 3.8) is 0 Å². The SMILES string of the molecule is O=C(Nc1ccc(Cl)cc1C(=O)O)c1cccc(N2C(=O)c3cccc4c([N+](=O)[O-])ccc(c34)C2=O)c1. The molecule has 10 nitrogen and oxygen atoms in total. The number of nitrogens with zero attached hydrogens (tertiary/aromatic N) is 2. The zero-order chi connectivity index (χ0) is 26.4. The minimum absolute atomic E-state index is 0.0135. The van der Waals surface area contributed by atoms with Gasteiger partial charge in [-0.3, -0.25) is 24.5 Å². The maximum absolute atomic E-state index is 13.4. The smallest absolute Gasteiger partial charge is 0.337 e. The maximum atomic E-state index is 13.4. The second-order valence-electron chi connectivity index (χ2n) is 8.06. The van der Waals surface area contributed by atoms with Crippen LogP contribution in [0.2, 0.25) is 5.02 Å². The van der Waals surface area contributed by atoms with Crippen molar-refractivity contribution in [2.45, 2.75) is 0 Å². The van der Waals surface area contributed by atoms with E-state index < -0.39 is 28.6 Å². The second-order valence-corrected chi connectivity index (χ2v) is 8.50. The van der Waals surface area contributed by atoms with Gasteiger partial charge in [-0.15, -0.1) is 0 Å². The van der Waals surface area contributed by atoms with Gasteiger partial charge in [-0.25, -0.2) is 9.69 Å². The highest BCUT2D eigenvalue weighted by Crippen LogP contribution is 2.37. The van der Waals surface area contributed by atoms with Gasteiger partial charge in [-0.1, -0.05) is 23.7 Å². The van der Waals surface area contributed by atoms with Gasteiger partial charge in [0.15, 0.2) is 0 Å². The molecule has 0 unspecified atom stereocenters. The monoisotopic (exact) mass is 515 g/mol. The Kier molecular flexibility index (Phi) is 5.65. The van der Waals surface area contributed by atoms with E-state index in [4.69, 9.17) is 11.6 Å². The molecule has 1 heterocycles. The Morgan fingerprint density at radius 3 is 2.32 bits per heavy atom. The van der Waals surface area contributed by atoms with E-state index in [9.17, 15) is 34.4 Å². The van der Waals surface area contributed by atoms with Gasteiger partial charge in [-0.2, -0.15) is 0 Å². The number of rotatable bonds is 5. The molecule has 5 rings (SSSR count). The van der Waals surface area contributed by atoms with E-state index in [1.807, 2.05) is 0 Å². The number of carbonyl (C=O) groups is 4. The third-order valence-corrected chi connectivity index (χ3v) is 6.14. The molecule has 4 aromatic carbocycles. The first-order chi connectivity index (χ1) is 17.7. The lowest BCUT2D eigenvalue weighted by atomic mass is 9.92. The highest BCUT2D eigenvalue weighted by atomic mass is 35.5. The van der Waals surface area contributed by atoms with Crippen LogP contribution in [-0.4, -0.2) is 33.7 Å². The highest BCUT2D eigenvalue weighted by molar-refractivity contribution is 6.36. The number of carboxylic acids is 1. The molecule has 182 valence electrons. The van der Waals surface area contributed by atoms with Crippen molar-refractivity contribution in [2.24, 2.45) is 0 Å². The molecule has 11 heteroatoms. The predicted octanol–water partition coefficient (Wildman–Crippen LogP) is 5.15. The minimum Gasteiger partial charge on any atom is -0.478 e. The van der Waals surface area contributed by atoms with E-state index in [0.717, 1.165) is 4.90 Å². The van der Waals surface area contributed by atoms with Crippen LogP contribution in [0, 0.1) is 10.1 Å². The fourth-order valence-electron chi connectivity index (χ4n) is 4.26. The van der Waals surface area contributed by atoms with Crippen molar-refractivity contribution in [3.8, 4) is 0 Å². The van der Waals surface area contributed by atoms with Crippen molar-refractivity contribution in [3.05, 3.63) is 110 Å². The van der Waals surface area contributed by atoms with Crippen molar-refractivity contribution in [2.75, 3.05) is 10.2 Å². The highest BCUT2D eigenvalue weighted by Gasteiger charge is 2.36. The standard InChI is InChI=1S/C26H14ClN3O7/c27-14-7-9-20(19(12-14)26(34)35)28-23(31)13-3-1-4-15(11-13)29-24(32)17-6-2-5-16-21(30(36)37)10-8-18(22(16)17)25(29)33/h1-12H,(H,28,31)(H,34,35). The lowest BCUT2D eigenvalue weighted by molar-refractivity contribution is -0.383. The van der Waals surface area contributed by atoms with Crippen LogP contribution in [0.25, 0.3) is 10.8 Å². The van der Waals surface area contributed by atoms with Crippen LogP contribution in [0.1, 0.15) is 41.4 Å². The van der Waals surface area contributed by atoms with Crippen LogP contribution >= 0.6 is 11.6 Å². The number of amides is 3. The van der Waals surface area contributed by atoms with Crippen LogP contribution in [0.4, 0.5) is 17.1 Å². The molecule has 0 aromatic heterocycles. The average Bonchev–Trinajstić information content (AvgIpc) is 2.88. The number of benzene rings is 4. The number of nitrogens with one attached hydrogen (secondary N) is 1. The van der Waals surface area contributed by atoms with Gasteiger partial charge < -0.3 is 10.4 Å². The number of hydrogen-bond donors (Lipinski definition) is 2. The first-order valence-electron chi connectivity index (χ1n) is 10.7. The Balaban J connectivity index is 1.53. The number of aromatic carboxylic acids is 1. The van der Waals surface area contributed by atoms with E-state index >= 15 is 0 Å². The minimum atomic E-state index is -1.29. The third kappa shape index (κ3) is 3.95. The maximum Gasteiger partial charge on any atom is 0.337 e. The Morgan fingerprint density at radius 2 is 1.62 bits per heavy atom. The number of hydrogen-bond acceptors (Lipinski definition) is 6. The van der Waals surface area contributed by atoms with E-state index in [1.54, 1.807) is 0 Å². The third-order valence-electron chi connectivity index (χ3n) is 5.91. The molecule has 0 saturated heterocycles. The summed E-state index contributed by atoms with van der Waals surface area (Å²) in [5.74, 6) is -3.37. The van der Waals surface area contributed by atoms with Gasteiger partial charge in [-0.05, 0) is 54.6 Å². The molecule has 0 spiro atoms. The van der Waals surface area contributed by atoms with Crippen molar-refractivity contribution < 1.29 is 29.2 Å². The van der Waals surface area contributed by atoms with Crippen LogP contribution in [-0.2, 0) is 0 Å². The summed E-state index contributed by atoms with van der Waals surface area (Å²) in [5, 5.41) is 23.9. The number of non-ortho nitro benzene ring substituents is 1. The van der Waals surface area contributed by atoms with E-state index in [1.165, 1.54) is 72.8 Å². The summed E-state index contributed by atoms with van der Waals surface area (Å²) in [7, 11) is 0. The number of anilines is 2. The normalized spacial score (nSPS) is 12.5. The van der Waals surface area contributed by atoms with Gasteiger partial charge in [0.05, 0.1) is 27.2 Å². The molecule has 0 bridgehead atoms.